The molecule has 23 heavy (non-hydrogen) atoms. The highest BCUT2D eigenvalue weighted by atomic mass is 35.5. The number of rotatable bonds is 2. The lowest BCUT2D eigenvalue weighted by Gasteiger charge is -2.34. The number of nitrogens with one attached hydrogen (secondary N) is 1. The van der Waals surface area contributed by atoms with Crippen molar-refractivity contribution in [3.63, 3.8) is 0 Å². The van der Waals surface area contributed by atoms with E-state index in [1.165, 1.54) is 7.11 Å². The van der Waals surface area contributed by atoms with Gasteiger partial charge in [-0.15, -0.1) is 0 Å². The predicted molar refractivity (Wildman–Crippen MR) is 87.9 cm³/mol. The summed E-state index contributed by atoms with van der Waals surface area (Å²) in [5.74, 6) is -0.726. The highest BCUT2D eigenvalue weighted by molar-refractivity contribution is 6.30. The van der Waals surface area contributed by atoms with Gasteiger partial charge in [0.15, 0.2) is 5.78 Å². The summed E-state index contributed by atoms with van der Waals surface area (Å²) in [7, 11) is 1.36. The number of ether oxygens (including phenoxy) is 1. The molecule has 1 aliphatic carbocycles. The summed E-state index contributed by atoms with van der Waals surface area (Å²) < 4.78 is 4.95. The van der Waals surface area contributed by atoms with Crippen LogP contribution >= 0.6 is 11.6 Å². The Kier molecular flexibility index (Phi) is 4.26. The second-order valence-corrected chi connectivity index (χ2v) is 6.25. The molecule has 1 aromatic rings. The van der Waals surface area contributed by atoms with Crippen LogP contribution < -0.4 is 5.32 Å². The van der Waals surface area contributed by atoms with Crippen LogP contribution in [0.2, 0.25) is 5.02 Å². The molecule has 120 valence electrons. The SMILES string of the molecule is COC(=O)C1=C(C)NC2=C(C(=O)CCC2)[C@@H]1c1ccc(Cl)cc1. The van der Waals surface area contributed by atoms with Gasteiger partial charge in [0, 0.05) is 34.3 Å². The molecule has 0 amide bonds. The zero-order chi connectivity index (χ0) is 16.6. The van der Waals surface area contributed by atoms with Crippen LogP contribution in [0.1, 0.15) is 37.7 Å². The number of ketones is 1. The van der Waals surface area contributed by atoms with Crippen LogP contribution in [-0.2, 0) is 14.3 Å². The Balaban J connectivity index is 2.18. The van der Waals surface area contributed by atoms with Crippen molar-refractivity contribution < 1.29 is 14.3 Å². The van der Waals surface area contributed by atoms with E-state index in [1.807, 2.05) is 19.1 Å². The molecule has 0 spiro atoms. The van der Waals surface area contributed by atoms with Crippen molar-refractivity contribution in [1.29, 1.82) is 0 Å². The summed E-state index contributed by atoms with van der Waals surface area (Å²) in [5, 5.41) is 3.85. The lowest BCUT2D eigenvalue weighted by Crippen LogP contribution is -2.34. The van der Waals surface area contributed by atoms with Crippen LogP contribution in [0.15, 0.2) is 46.8 Å². The lowest BCUT2D eigenvalue weighted by atomic mass is 9.75. The summed E-state index contributed by atoms with van der Waals surface area (Å²) in [4.78, 5) is 24.9. The number of carbonyl (C=O) groups is 2. The first-order valence-corrected chi connectivity index (χ1v) is 7.98. The zero-order valence-electron chi connectivity index (χ0n) is 13.1. The fraction of sp³-hybridized carbons (Fsp3) is 0.333. The number of Topliss-reactive ketones (excluding diaryl/α,β-unsaturated/α-hetero) is 1. The molecular formula is C18H18ClNO3. The molecule has 0 saturated heterocycles. The van der Waals surface area contributed by atoms with E-state index in [1.54, 1.807) is 12.1 Å². The molecule has 0 bridgehead atoms. The molecule has 1 heterocycles. The Labute approximate surface area is 140 Å². The minimum Gasteiger partial charge on any atom is -0.466 e. The highest BCUT2D eigenvalue weighted by Crippen LogP contribution is 2.42. The average Bonchev–Trinajstić information content (AvgIpc) is 2.54. The number of hydrogen-bond donors (Lipinski definition) is 1. The van der Waals surface area contributed by atoms with Gasteiger partial charge in [0.1, 0.15) is 0 Å². The van der Waals surface area contributed by atoms with Crippen molar-refractivity contribution in [2.75, 3.05) is 7.11 Å². The van der Waals surface area contributed by atoms with Crippen molar-refractivity contribution in [3.05, 3.63) is 57.4 Å². The van der Waals surface area contributed by atoms with E-state index in [0.717, 1.165) is 29.8 Å². The van der Waals surface area contributed by atoms with Crippen molar-refractivity contribution in [2.24, 2.45) is 0 Å². The van der Waals surface area contributed by atoms with Gasteiger partial charge in [-0.25, -0.2) is 4.79 Å². The standard InChI is InChI=1S/C18H18ClNO3/c1-10-15(18(22)23-2)16(11-6-8-12(19)9-7-11)17-13(20-10)4-3-5-14(17)21/h6-9,16,20H,3-5H2,1-2H3/t16-/m1/s1. The first kappa shape index (κ1) is 15.8. The van der Waals surface area contributed by atoms with Crippen molar-refractivity contribution in [1.82, 2.24) is 5.32 Å². The number of dihydropyridines is 1. The van der Waals surface area contributed by atoms with Gasteiger partial charge in [-0.05, 0) is 37.5 Å². The fourth-order valence-electron chi connectivity index (χ4n) is 3.35. The molecule has 1 aliphatic heterocycles. The summed E-state index contributed by atoms with van der Waals surface area (Å²) in [6, 6.07) is 7.27. The maximum atomic E-state index is 12.5. The molecule has 0 saturated carbocycles. The second-order valence-electron chi connectivity index (χ2n) is 5.81. The number of carbonyl (C=O) groups excluding carboxylic acids is 2. The van der Waals surface area contributed by atoms with Gasteiger partial charge in [0.05, 0.1) is 12.7 Å². The predicted octanol–water partition coefficient (Wildman–Crippen LogP) is 3.48. The van der Waals surface area contributed by atoms with E-state index in [4.69, 9.17) is 16.3 Å². The van der Waals surface area contributed by atoms with Crippen molar-refractivity contribution in [3.8, 4) is 0 Å². The number of benzene rings is 1. The molecule has 0 aromatic heterocycles. The largest absolute Gasteiger partial charge is 0.466 e. The third-order valence-electron chi connectivity index (χ3n) is 4.38. The smallest absolute Gasteiger partial charge is 0.336 e. The van der Waals surface area contributed by atoms with Gasteiger partial charge in [-0.2, -0.15) is 0 Å². The Morgan fingerprint density at radius 3 is 2.61 bits per heavy atom. The Hall–Kier alpha value is -2.07. The van der Waals surface area contributed by atoms with Crippen LogP contribution in [0.5, 0.6) is 0 Å². The van der Waals surface area contributed by atoms with Gasteiger partial charge in [0.25, 0.3) is 0 Å². The summed E-state index contributed by atoms with van der Waals surface area (Å²) in [6.07, 6.45) is 2.16. The monoisotopic (exact) mass is 331 g/mol. The topological polar surface area (TPSA) is 55.4 Å². The summed E-state index contributed by atoms with van der Waals surface area (Å²) in [5.41, 5.74) is 3.71. The second kappa shape index (κ2) is 6.20. The number of methoxy groups -OCH3 is 1. The van der Waals surface area contributed by atoms with Gasteiger partial charge in [-0.3, -0.25) is 4.79 Å². The third-order valence-corrected chi connectivity index (χ3v) is 4.64. The Morgan fingerprint density at radius 1 is 1.26 bits per heavy atom. The zero-order valence-corrected chi connectivity index (χ0v) is 13.9. The molecule has 0 unspecified atom stereocenters. The van der Waals surface area contributed by atoms with Crippen LogP contribution in [0.25, 0.3) is 0 Å². The molecule has 1 atom stereocenters. The van der Waals surface area contributed by atoms with Crippen molar-refractivity contribution >= 4 is 23.4 Å². The third kappa shape index (κ3) is 2.79. The van der Waals surface area contributed by atoms with Gasteiger partial charge in [0.2, 0.25) is 0 Å². The first-order valence-electron chi connectivity index (χ1n) is 7.60. The van der Waals surface area contributed by atoms with E-state index < -0.39 is 11.9 Å². The number of halogens is 1. The Morgan fingerprint density at radius 2 is 1.96 bits per heavy atom. The normalized spacial score (nSPS) is 21.0. The van der Waals surface area contributed by atoms with Gasteiger partial charge >= 0.3 is 5.97 Å². The van der Waals surface area contributed by atoms with Gasteiger partial charge in [-0.1, -0.05) is 23.7 Å². The lowest BCUT2D eigenvalue weighted by molar-refractivity contribution is -0.136. The van der Waals surface area contributed by atoms with E-state index in [9.17, 15) is 9.59 Å². The Bertz CT molecular complexity index is 731. The minimum atomic E-state index is -0.417. The molecule has 2 aliphatic rings. The number of esters is 1. The maximum Gasteiger partial charge on any atom is 0.336 e. The molecule has 0 fully saturated rings. The van der Waals surface area contributed by atoms with Crippen LogP contribution in [0.3, 0.4) is 0 Å². The van der Waals surface area contributed by atoms with Gasteiger partial charge < -0.3 is 10.1 Å². The molecule has 4 nitrogen and oxygen atoms in total. The summed E-state index contributed by atoms with van der Waals surface area (Å²) >= 11 is 5.98. The van der Waals surface area contributed by atoms with Crippen molar-refractivity contribution in [2.45, 2.75) is 32.1 Å². The summed E-state index contributed by atoms with van der Waals surface area (Å²) in [6.45, 7) is 1.85. The van der Waals surface area contributed by atoms with E-state index >= 15 is 0 Å². The maximum absolute atomic E-state index is 12.5. The molecule has 0 radical (unpaired) electrons. The van der Waals surface area contributed by atoms with E-state index in [-0.39, 0.29) is 5.78 Å². The molecule has 5 heteroatoms. The molecule has 3 rings (SSSR count). The van der Waals surface area contributed by atoms with E-state index in [2.05, 4.69) is 5.32 Å². The molecule has 1 N–H and O–H groups in total. The minimum absolute atomic E-state index is 0.0904. The highest BCUT2D eigenvalue weighted by Gasteiger charge is 2.38. The quantitative estimate of drug-likeness (QED) is 0.843. The van der Waals surface area contributed by atoms with Crippen LogP contribution in [0, 0.1) is 0 Å². The van der Waals surface area contributed by atoms with E-state index in [0.29, 0.717) is 22.6 Å². The van der Waals surface area contributed by atoms with Crippen LogP contribution in [-0.4, -0.2) is 18.9 Å². The van der Waals surface area contributed by atoms with Crippen LogP contribution in [0.4, 0.5) is 0 Å². The number of allylic oxidation sites excluding steroid dienone is 3. The number of hydrogen-bond acceptors (Lipinski definition) is 4. The molecule has 1 aromatic carbocycles. The molecular weight excluding hydrogens is 314 g/mol. The first-order chi connectivity index (χ1) is 11.0. The fourth-order valence-corrected chi connectivity index (χ4v) is 3.48. The average molecular weight is 332 g/mol.